The molecule has 212 valence electrons. The summed E-state index contributed by atoms with van der Waals surface area (Å²) in [5, 5.41) is 26.7. The van der Waals surface area contributed by atoms with E-state index in [1.54, 1.807) is 42.5 Å². The highest BCUT2D eigenvalue weighted by Gasteiger charge is 2.30. The molecule has 3 aromatic rings. The summed E-state index contributed by atoms with van der Waals surface area (Å²) in [7, 11) is 0. The largest absolute Gasteiger partial charge is 0.508 e. The first kappa shape index (κ1) is 30.2. The van der Waals surface area contributed by atoms with Crippen LogP contribution >= 0.6 is 12.6 Å². The van der Waals surface area contributed by atoms with E-state index in [2.05, 4.69) is 38.5 Å². The maximum Gasteiger partial charge on any atom is 0.326 e. The number of nitrogens with zero attached hydrogens (tertiary/aromatic N) is 1. The Morgan fingerprint density at radius 2 is 1.43 bits per heavy atom. The van der Waals surface area contributed by atoms with E-state index in [1.807, 2.05) is 0 Å². The number of aromatic amines is 1. The van der Waals surface area contributed by atoms with Gasteiger partial charge >= 0.3 is 5.97 Å². The maximum atomic E-state index is 13.2. The fourth-order valence-corrected chi connectivity index (χ4v) is 4.13. The molecule has 0 bridgehead atoms. The molecule has 0 radical (unpaired) electrons. The van der Waals surface area contributed by atoms with E-state index in [9.17, 15) is 29.4 Å². The second-order valence-electron chi connectivity index (χ2n) is 9.15. The van der Waals surface area contributed by atoms with Crippen LogP contribution < -0.4 is 21.7 Å². The number of phenols is 1. The predicted molar refractivity (Wildman–Crippen MR) is 150 cm³/mol. The van der Waals surface area contributed by atoms with Crippen molar-refractivity contribution < 1.29 is 29.4 Å². The SMILES string of the molecule is NC(Cc1ccc(O)cc1)C(=O)NC(CS)C(=O)NC(Cc1ccccc1)C(=O)NC(Cc1cnc[nH]1)C(=O)O. The number of carbonyl (C=O) groups is 4. The van der Waals surface area contributed by atoms with Crippen LogP contribution in [0, 0.1) is 0 Å². The number of carbonyl (C=O) groups excluding carboxylic acids is 3. The van der Waals surface area contributed by atoms with Crippen LogP contribution in [0.2, 0.25) is 0 Å². The van der Waals surface area contributed by atoms with Crippen molar-refractivity contribution in [1.29, 1.82) is 0 Å². The van der Waals surface area contributed by atoms with Gasteiger partial charge in [0.2, 0.25) is 17.7 Å². The Kier molecular flexibility index (Phi) is 11.1. The molecule has 0 aliphatic heterocycles. The van der Waals surface area contributed by atoms with Crippen LogP contribution in [0.1, 0.15) is 16.8 Å². The molecule has 1 heterocycles. The third-order valence-corrected chi connectivity index (χ3v) is 6.42. The lowest BCUT2D eigenvalue weighted by atomic mass is 10.0. The number of benzene rings is 2. The first-order chi connectivity index (χ1) is 19.2. The molecular weight excluding hydrogens is 536 g/mol. The fraction of sp³-hybridized carbons (Fsp3) is 0.296. The van der Waals surface area contributed by atoms with Gasteiger partial charge in [-0.2, -0.15) is 12.6 Å². The molecule has 2 aromatic carbocycles. The highest BCUT2D eigenvalue weighted by molar-refractivity contribution is 7.80. The Labute approximate surface area is 236 Å². The molecule has 0 spiro atoms. The topological polar surface area (TPSA) is 200 Å². The van der Waals surface area contributed by atoms with Crippen molar-refractivity contribution in [1.82, 2.24) is 25.9 Å². The number of hydrogen-bond acceptors (Lipinski definition) is 8. The first-order valence-corrected chi connectivity index (χ1v) is 13.1. The van der Waals surface area contributed by atoms with Crippen molar-refractivity contribution in [3.05, 3.63) is 83.9 Å². The summed E-state index contributed by atoms with van der Waals surface area (Å²) in [5.41, 5.74) is 7.98. The van der Waals surface area contributed by atoms with Crippen molar-refractivity contribution in [3.8, 4) is 5.75 Å². The summed E-state index contributed by atoms with van der Waals surface area (Å²) >= 11 is 4.18. The van der Waals surface area contributed by atoms with Gasteiger partial charge < -0.3 is 36.9 Å². The highest BCUT2D eigenvalue weighted by Crippen LogP contribution is 2.11. The molecule has 3 rings (SSSR count). The van der Waals surface area contributed by atoms with Gasteiger partial charge in [0.1, 0.15) is 23.9 Å². The van der Waals surface area contributed by atoms with E-state index in [-0.39, 0.29) is 30.8 Å². The molecule has 1 aromatic heterocycles. The molecule has 0 fully saturated rings. The van der Waals surface area contributed by atoms with Crippen molar-refractivity contribution >= 4 is 36.3 Å². The van der Waals surface area contributed by atoms with Crippen LogP contribution in [-0.4, -0.2) is 73.8 Å². The number of imidazole rings is 1. The Morgan fingerprint density at radius 3 is 2.02 bits per heavy atom. The zero-order valence-electron chi connectivity index (χ0n) is 21.5. The Morgan fingerprint density at radius 1 is 0.825 bits per heavy atom. The number of aromatic nitrogens is 2. The second-order valence-corrected chi connectivity index (χ2v) is 9.52. The second kappa shape index (κ2) is 14.7. The predicted octanol–water partition coefficient (Wildman–Crippen LogP) is -0.0607. The van der Waals surface area contributed by atoms with E-state index >= 15 is 0 Å². The molecule has 4 unspecified atom stereocenters. The van der Waals surface area contributed by atoms with Gasteiger partial charge in [-0.1, -0.05) is 42.5 Å². The van der Waals surface area contributed by atoms with Gasteiger partial charge in [-0.25, -0.2) is 9.78 Å². The van der Waals surface area contributed by atoms with Gasteiger partial charge in [0.15, 0.2) is 0 Å². The number of thiol groups is 1. The fourth-order valence-electron chi connectivity index (χ4n) is 3.87. The van der Waals surface area contributed by atoms with E-state index in [0.717, 1.165) is 11.1 Å². The average molecular weight is 569 g/mol. The lowest BCUT2D eigenvalue weighted by Gasteiger charge is -2.24. The molecule has 0 saturated heterocycles. The van der Waals surface area contributed by atoms with Gasteiger partial charge in [0, 0.05) is 30.5 Å². The maximum absolute atomic E-state index is 13.2. The normalized spacial score (nSPS) is 13.8. The summed E-state index contributed by atoms with van der Waals surface area (Å²) in [6.07, 6.45) is 3.05. The molecule has 8 N–H and O–H groups in total. The van der Waals surface area contributed by atoms with Gasteiger partial charge in [-0.05, 0) is 29.7 Å². The standard InChI is InChI=1S/C27H32N6O6S/c28-20(10-17-6-8-19(34)9-7-17)24(35)33-23(14-40)26(37)31-21(11-16-4-2-1-3-5-16)25(36)32-22(27(38)39)12-18-13-29-15-30-18/h1-9,13,15,20-23,34,40H,10-12,14,28H2,(H,29,30)(H,31,37)(H,32,36)(H,33,35)(H,38,39). The number of phenolic OH excluding ortho intramolecular Hbond substituents is 1. The van der Waals surface area contributed by atoms with Gasteiger partial charge in [0.25, 0.3) is 0 Å². The molecule has 13 heteroatoms. The van der Waals surface area contributed by atoms with Crippen LogP contribution in [0.25, 0.3) is 0 Å². The number of rotatable bonds is 14. The first-order valence-electron chi connectivity index (χ1n) is 12.5. The summed E-state index contributed by atoms with van der Waals surface area (Å²) < 4.78 is 0. The van der Waals surface area contributed by atoms with Gasteiger partial charge in [-0.3, -0.25) is 14.4 Å². The zero-order chi connectivity index (χ0) is 29.1. The molecule has 3 amide bonds. The lowest BCUT2D eigenvalue weighted by Crippen LogP contribution is -2.58. The summed E-state index contributed by atoms with van der Waals surface area (Å²) in [4.78, 5) is 57.6. The van der Waals surface area contributed by atoms with E-state index in [1.165, 1.54) is 24.7 Å². The summed E-state index contributed by atoms with van der Waals surface area (Å²) in [6.45, 7) is 0. The molecule has 0 saturated carbocycles. The van der Waals surface area contributed by atoms with Crippen molar-refractivity contribution in [2.75, 3.05) is 5.75 Å². The quantitative estimate of drug-likeness (QED) is 0.124. The number of H-pyrrole nitrogens is 1. The van der Waals surface area contributed by atoms with Crippen LogP contribution in [0.5, 0.6) is 5.75 Å². The van der Waals surface area contributed by atoms with E-state index in [4.69, 9.17) is 5.73 Å². The Hall–Kier alpha value is -4.36. The van der Waals surface area contributed by atoms with Crippen molar-refractivity contribution in [3.63, 3.8) is 0 Å². The molecule has 4 atom stereocenters. The van der Waals surface area contributed by atoms with E-state index in [0.29, 0.717) is 5.69 Å². The summed E-state index contributed by atoms with van der Waals surface area (Å²) in [5.74, 6) is -3.25. The van der Waals surface area contributed by atoms with Crippen LogP contribution in [0.3, 0.4) is 0 Å². The monoisotopic (exact) mass is 568 g/mol. The number of carboxylic acids is 1. The van der Waals surface area contributed by atoms with Crippen LogP contribution in [0.4, 0.5) is 0 Å². The van der Waals surface area contributed by atoms with Crippen LogP contribution in [-0.2, 0) is 38.4 Å². The number of aliphatic carboxylic acids is 1. The highest BCUT2D eigenvalue weighted by atomic mass is 32.1. The minimum Gasteiger partial charge on any atom is -0.508 e. The number of carboxylic acid groups (broad SMARTS) is 1. The molecule has 0 aliphatic rings. The van der Waals surface area contributed by atoms with Gasteiger partial charge in [-0.15, -0.1) is 0 Å². The minimum absolute atomic E-state index is 0.0404. The zero-order valence-corrected chi connectivity index (χ0v) is 22.4. The molecule has 12 nitrogen and oxygen atoms in total. The Bertz CT molecular complexity index is 1270. The number of nitrogens with two attached hydrogens (primary N) is 1. The Balaban J connectivity index is 1.69. The third kappa shape index (κ3) is 9.13. The average Bonchev–Trinajstić information content (AvgIpc) is 3.45. The molecule has 40 heavy (non-hydrogen) atoms. The van der Waals surface area contributed by atoms with Crippen LogP contribution in [0.15, 0.2) is 67.1 Å². The van der Waals surface area contributed by atoms with E-state index < -0.39 is 47.9 Å². The summed E-state index contributed by atoms with van der Waals surface area (Å²) in [6, 6.07) is 10.6. The molecular formula is C27H32N6O6S. The van der Waals surface area contributed by atoms with Crippen molar-refractivity contribution in [2.45, 2.75) is 43.4 Å². The molecule has 0 aliphatic carbocycles. The smallest absolute Gasteiger partial charge is 0.326 e. The number of aromatic hydroxyl groups is 1. The van der Waals surface area contributed by atoms with Crippen molar-refractivity contribution in [2.24, 2.45) is 5.73 Å². The minimum atomic E-state index is -1.28. The third-order valence-electron chi connectivity index (χ3n) is 6.05. The lowest BCUT2D eigenvalue weighted by molar-refractivity contribution is -0.142. The number of hydrogen-bond donors (Lipinski definition) is 8. The number of nitrogens with one attached hydrogen (secondary N) is 4. The number of amides is 3. The van der Waals surface area contributed by atoms with Gasteiger partial charge in [0.05, 0.1) is 12.4 Å².